The van der Waals surface area contributed by atoms with Crippen LogP contribution in [0.1, 0.15) is 44.1 Å². The number of hydrogen-bond donors (Lipinski definition) is 1. The van der Waals surface area contributed by atoms with E-state index in [0.29, 0.717) is 25.4 Å². The molecular formula is C21H23F3N2O3. The highest BCUT2D eigenvalue weighted by atomic mass is 19.4. The maximum Gasteiger partial charge on any atom is 0.573 e. The largest absolute Gasteiger partial charge is 0.573 e. The predicted octanol–water partition coefficient (Wildman–Crippen LogP) is 3.13. The predicted molar refractivity (Wildman–Crippen MR) is 96.9 cm³/mol. The van der Waals surface area contributed by atoms with E-state index >= 15 is 0 Å². The smallest absolute Gasteiger partial charge is 0.406 e. The standard InChI is InChI=1S/C21H23F3N2O3/c22-21(23,24)29-16-3-1-14(2-4-16)20-7-8-26(12-15(20)11-20)18(28)13-9-19(10-13)6-5-17(27)25-19/h1-4,13,15H,5-12H2,(H,25,27)/t13?,15-,19?,20-/m1/s1. The van der Waals surface area contributed by atoms with Crippen LogP contribution in [-0.4, -0.2) is 41.7 Å². The molecule has 2 saturated carbocycles. The molecule has 156 valence electrons. The van der Waals surface area contributed by atoms with Gasteiger partial charge in [0.05, 0.1) is 0 Å². The summed E-state index contributed by atoms with van der Waals surface area (Å²) >= 11 is 0. The van der Waals surface area contributed by atoms with Gasteiger partial charge in [-0.3, -0.25) is 9.59 Å². The van der Waals surface area contributed by atoms with Crippen LogP contribution in [0.5, 0.6) is 5.75 Å². The summed E-state index contributed by atoms with van der Waals surface area (Å²) in [5.41, 5.74) is 0.866. The van der Waals surface area contributed by atoms with Crippen molar-refractivity contribution in [1.82, 2.24) is 10.2 Å². The number of carbonyl (C=O) groups is 2. The van der Waals surface area contributed by atoms with Crippen LogP contribution in [0.2, 0.25) is 0 Å². The Morgan fingerprint density at radius 1 is 1.14 bits per heavy atom. The third kappa shape index (κ3) is 3.26. The Balaban J connectivity index is 1.18. The number of ether oxygens (including phenoxy) is 1. The van der Waals surface area contributed by atoms with Crippen molar-refractivity contribution in [3.63, 3.8) is 0 Å². The molecule has 2 aliphatic heterocycles. The summed E-state index contributed by atoms with van der Waals surface area (Å²) in [6, 6.07) is 6.18. The highest BCUT2D eigenvalue weighted by Crippen LogP contribution is 2.59. The second kappa shape index (κ2) is 6.12. The molecule has 1 N–H and O–H groups in total. The number of fused-ring (bicyclic) bond motifs is 1. The number of carbonyl (C=O) groups excluding carboxylic acids is 2. The lowest BCUT2D eigenvalue weighted by Crippen LogP contribution is -2.57. The van der Waals surface area contributed by atoms with Gasteiger partial charge >= 0.3 is 6.36 Å². The van der Waals surface area contributed by atoms with Crippen LogP contribution in [0.3, 0.4) is 0 Å². The van der Waals surface area contributed by atoms with Crippen molar-refractivity contribution in [2.24, 2.45) is 11.8 Å². The van der Waals surface area contributed by atoms with Gasteiger partial charge in [-0.15, -0.1) is 13.2 Å². The average molecular weight is 408 g/mol. The molecule has 1 aromatic rings. The second-order valence-corrected chi connectivity index (χ2v) is 9.10. The van der Waals surface area contributed by atoms with Crippen molar-refractivity contribution in [3.8, 4) is 5.75 Å². The van der Waals surface area contributed by atoms with Gasteiger partial charge in [0, 0.05) is 36.4 Å². The first-order valence-electron chi connectivity index (χ1n) is 10.1. The number of hydrogen-bond acceptors (Lipinski definition) is 3. The van der Waals surface area contributed by atoms with E-state index < -0.39 is 6.36 Å². The van der Waals surface area contributed by atoms with Gasteiger partial charge in [-0.05, 0) is 55.7 Å². The maximum absolute atomic E-state index is 12.9. The molecule has 4 fully saturated rings. The van der Waals surface area contributed by atoms with Gasteiger partial charge < -0.3 is 15.0 Å². The summed E-state index contributed by atoms with van der Waals surface area (Å²) in [6.45, 7) is 1.38. The molecule has 1 spiro atoms. The fourth-order valence-electron chi connectivity index (χ4n) is 5.70. The summed E-state index contributed by atoms with van der Waals surface area (Å²) < 4.78 is 41.0. The van der Waals surface area contributed by atoms with Crippen molar-refractivity contribution >= 4 is 11.8 Å². The van der Waals surface area contributed by atoms with E-state index in [1.165, 1.54) is 12.1 Å². The third-order valence-corrected chi connectivity index (χ3v) is 7.33. The Morgan fingerprint density at radius 3 is 2.45 bits per heavy atom. The maximum atomic E-state index is 12.9. The molecule has 0 bridgehead atoms. The van der Waals surface area contributed by atoms with Gasteiger partial charge in [0.15, 0.2) is 0 Å². The molecule has 0 radical (unpaired) electrons. The highest BCUT2D eigenvalue weighted by molar-refractivity contribution is 5.84. The van der Waals surface area contributed by atoms with Crippen molar-refractivity contribution in [2.75, 3.05) is 13.1 Å². The minimum Gasteiger partial charge on any atom is -0.406 e. The molecule has 2 heterocycles. The Hall–Kier alpha value is -2.25. The molecule has 0 unspecified atom stereocenters. The number of benzene rings is 1. The summed E-state index contributed by atoms with van der Waals surface area (Å²) in [5.74, 6) is 0.420. The van der Waals surface area contributed by atoms with Crippen LogP contribution in [0, 0.1) is 11.8 Å². The van der Waals surface area contributed by atoms with Gasteiger partial charge in [-0.25, -0.2) is 0 Å². The Kier molecular flexibility index (Phi) is 3.96. The zero-order valence-corrected chi connectivity index (χ0v) is 15.9. The Labute approximate surface area is 166 Å². The quantitative estimate of drug-likeness (QED) is 0.836. The minimum absolute atomic E-state index is 0.00143. The van der Waals surface area contributed by atoms with Crippen molar-refractivity contribution < 1.29 is 27.5 Å². The normalized spacial score (nSPS) is 35.7. The zero-order chi connectivity index (χ0) is 20.4. The molecule has 2 atom stereocenters. The van der Waals surface area contributed by atoms with E-state index in [4.69, 9.17) is 0 Å². The van der Waals surface area contributed by atoms with Crippen LogP contribution in [0.15, 0.2) is 24.3 Å². The lowest BCUT2D eigenvalue weighted by atomic mass is 9.67. The number of nitrogens with one attached hydrogen (secondary N) is 1. The second-order valence-electron chi connectivity index (χ2n) is 9.10. The highest BCUT2D eigenvalue weighted by Gasteiger charge is 2.59. The number of rotatable bonds is 3. The molecule has 2 saturated heterocycles. The molecule has 29 heavy (non-hydrogen) atoms. The van der Waals surface area contributed by atoms with Crippen molar-refractivity contribution in [1.29, 1.82) is 0 Å². The summed E-state index contributed by atoms with van der Waals surface area (Å²) in [7, 11) is 0. The number of alkyl halides is 3. The number of likely N-dealkylation sites (tertiary alicyclic amines) is 1. The number of piperidine rings is 1. The van der Waals surface area contributed by atoms with Crippen LogP contribution in [0.4, 0.5) is 13.2 Å². The summed E-state index contributed by atoms with van der Waals surface area (Å²) in [6.07, 6.45) is -0.0278. The average Bonchev–Trinajstić information content (AvgIpc) is 3.24. The molecule has 0 aromatic heterocycles. The van der Waals surface area contributed by atoms with E-state index in [2.05, 4.69) is 10.1 Å². The molecule has 2 amide bonds. The molecule has 2 aliphatic carbocycles. The Morgan fingerprint density at radius 2 is 1.86 bits per heavy atom. The number of nitrogens with zero attached hydrogens (tertiary/aromatic N) is 1. The van der Waals surface area contributed by atoms with E-state index in [9.17, 15) is 22.8 Å². The molecule has 5 rings (SSSR count). The topological polar surface area (TPSA) is 58.6 Å². The lowest BCUT2D eigenvalue weighted by Gasteiger charge is -2.46. The zero-order valence-electron chi connectivity index (χ0n) is 15.9. The van der Waals surface area contributed by atoms with E-state index in [0.717, 1.165) is 37.7 Å². The fraction of sp³-hybridized carbons (Fsp3) is 0.619. The Bertz CT molecular complexity index is 848. The SMILES string of the molecule is O=C1CCC2(CC(C(=O)N3CC[C@]4(c5ccc(OC(F)(F)F)cc5)C[C@@H]4C3)C2)N1. The first-order chi connectivity index (χ1) is 13.7. The molecule has 5 nitrogen and oxygen atoms in total. The van der Waals surface area contributed by atoms with Crippen molar-refractivity contribution in [3.05, 3.63) is 29.8 Å². The molecule has 1 aromatic carbocycles. The molecule has 4 aliphatic rings. The van der Waals surface area contributed by atoms with Gasteiger partial charge in [-0.1, -0.05) is 12.1 Å². The minimum atomic E-state index is -4.69. The van der Waals surface area contributed by atoms with E-state index in [1.807, 2.05) is 4.90 Å². The van der Waals surface area contributed by atoms with Crippen LogP contribution in [0.25, 0.3) is 0 Å². The molecular weight excluding hydrogens is 385 g/mol. The van der Waals surface area contributed by atoms with Gasteiger partial charge in [-0.2, -0.15) is 0 Å². The van der Waals surface area contributed by atoms with Crippen molar-refractivity contribution in [2.45, 2.75) is 55.8 Å². The molecule has 8 heteroatoms. The van der Waals surface area contributed by atoms with Crippen LogP contribution in [-0.2, 0) is 15.0 Å². The fourth-order valence-corrected chi connectivity index (χ4v) is 5.70. The van der Waals surface area contributed by atoms with Gasteiger partial charge in [0.25, 0.3) is 0 Å². The van der Waals surface area contributed by atoms with E-state index in [1.54, 1.807) is 12.1 Å². The van der Waals surface area contributed by atoms with Crippen LogP contribution < -0.4 is 10.1 Å². The summed E-state index contributed by atoms with van der Waals surface area (Å²) in [4.78, 5) is 26.3. The van der Waals surface area contributed by atoms with Gasteiger partial charge in [0.1, 0.15) is 5.75 Å². The van der Waals surface area contributed by atoms with Crippen LogP contribution >= 0.6 is 0 Å². The number of amides is 2. The van der Waals surface area contributed by atoms with Gasteiger partial charge in [0.2, 0.25) is 11.8 Å². The first kappa shape index (κ1) is 18.8. The lowest BCUT2D eigenvalue weighted by molar-refractivity contribution is -0.274. The third-order valence-electron chi connectivity index (χ3n) is 7.33. The first-order valence-corrected chi connectivity index (χ1v) is 10.1. The monoisotopic (exact) mass is 408 g/mol. The number of halogens is 3. The summed E-state index contributed by atoms with van der Waals surface area (Å²) in [5, 5.41) is 3.03. The van der Waals surface area contributed by atoms with E-state index in [-0.39, 0.29) is 34.4 Å².